The van der Waals surface area contributed by atoms with Crippen LogP contribution in [0.25, 0.3) is 0 Å². The van der Waals surface area contributed by atoms with Crippen molar-refractivity contribution in [2.24, 2.45) is 5.92 Å². The molecule has 0 bridgehead atoms. The minimum atomic E-state index is 0.208. The molecule has 2 unspecified atom stereocenters. The van der Waals surface area contributed by atoms with Crippen molar-refractivity contribution in [3.63, 3.8) is 0 Å². The zero-order chi connectivity index (χ0) is 13.5. The maximum Gasteiger partial charge on any atom is 0.0868 e. The molecule has 1 heterocycles. The van der Waals surface area contributed by atoms with Crippen LogP contribution in [-0.2, 0) is 16.1 Å². The SMILES string of the molecule is CCNCC1CCCOC1c1ccccc1COC. The Morgan fingerprint density at radius 3 is 3.00 bits per heavy atom. The molecule has 2 rings (SSSR count). The maximum atomic E-state index is 6.07. The molecule has 0 aromatic heterocycles. The van der Waals surface area contributed by atoms with Gasteiger partial charge in [0.15, 0.2) is 0 Å². The van der Waals surface area contributed by atoms with Crippen molar-refractivity contribution >= 4 is 0 Å². The monoisotopic (exact) mass is 263 g/mol. The highest BCUT2D eigenvalue weighted by Gasteiger charge is 2.28. The van der Waals surface area contributed by atoms with Crippen LogP contribution in [0.1, 0.15) is 37.0 Å². The van der Waals surface area contributed by atoms with Crippen molar-refractivity contribution in [1.82, 2.24) is 5.32 Å². The Morgan fingerprint density at radius 2 is 2.21 bits per heavy atom. The molecule has 1 saturated heterocycles. The Balaban J connectivity index is 2.16. The van der Waals surface area contributed by atoms with E-state index in [4.69, 9.17) is 9.47 Å². The van der Waals surface area contributed by atoms with Gasteiger partial charge in [0.05, 0.1) is 12.7 Å². The fraction of sp³-hybridized carbons (Fsp3) is 0.625. The van der Waals surface area contributed by atoms with Crippen molar-refractivity contribution in [1.29, 1.82) is 0 Å². The molecule has 1 aromatic carbocycles. The molecule has 3 nitrogen and oxygen atoms in total. The van der Waals surface area contributed by atoms with Crippen molar-refractivity contribution in [3.05, 3.63) is 35.4 Å². The summed E-state index contributed by atoms with van der Waals surface area (Å²) in [6.07, 6.45) is 2.61. The van der Waals surface area contributed by atoms with E-state index in [9.17, 15) is 0 Å². The average molecular weight is 263 g/mol. The zero-order valence-electron chi connectivity index (χ0n) is 12.0. The maximum absolute atomic E-state index is 6.07. The Labute approximate surface area is 116 Å². The van der Waals surface area contributed by atoms with E-state index in [0.29, 0.717) is 12.5 Å². The van der Waals surface area contributed by atoms with Gasteiger partial charge >= 0.3 is 0 Å². The first-order chi connectivity index (χ1) is 9.36. The minimum absolute atomic E-state index is 0.208. The lowest BCUT2D eigenvalue weighted by Crippen LogP contribution is -2.32. The fourth-order valence-corrected chi connectivity index (χ4v) is 2.82. The lowest BCUT2D eigenvalue weighted by atomic mass is 9.87. The van der Waals surface area contributed by atoms with E-state index in [0.717, 1.165) is 19.7 Å². The quantitative estimate of drug-likeness (QED) is 0.856. The molecular formula is C16H25NO2. The van der Waals surface area contributed by atoms with Crippen LogP contribution in [0.15, 0.2) is 24.3 Å². The molecule has 2 atom stereocenters. The highest BCUT2D eigenvalue weighted by molar-refractivity contribution is 5.29. The van der Waals surface area contributed by atoms with E-state index in [1.165, 1.54) is 24.0 Å². The number of benzene rings is 1. The van der Waals surface area contributed by atoms with Crippen LogP contribution in [0, 0.1) is 5.92 Å². The van der Waals surface area contributed by atoms with Gasteiger partial charge in [0.25, 0.3) is 0 Å². The molecule has 0 aliphatic carbocycles. The highest BCUT2D eigenvalue weighted by Crippen LogP contribution is 2.35. The summed E-state index contributed by atoms with van der Waals surface area (Å²) in [5, 5.41) is 3.46. The molecule has 106 valence electrons. The van der Waals surface area contributed by atoms with E-state index < -0.39 is 0 Å². The summed E-state index contributed by atoms with van der Waals surface area (Å²) in [5.41, 5.74) is 2.55. The first-order valence-electron chi connectivity index (χ1n) is 7.25. The van der Waals surface area contributed by atoms with E-state index in [1.54, 1.807) is 7.11 Å². The van der Waals surface area contributed by atoms with Crippen molar-refractivity contribution < 1.29 is 9.47 Å². The number of ether oxygens (including phenoxy) is 2. The van der Waals surface area contributed by atoms with Gasteiger partial charge in [-0.3, -0.25) is 0 Å². The van der Waals surface area contributed by atoms with Gasteiger partial charge in [-0.25, -0.2) is 0 Å². The van der Waals surface area contributed by atoms with Gasteiger partial charge in [-0.2, -0.15) is 0 Å². The molecule has 0 amide bonds. The highest BCUT2D eigenvalue weighted by atomic mass is 16.5. The molecule has 19 heavy (non-hydrogen) atoms. The molecule has 1 aromatic rings. The lowest BCUT2D eigenvalue weighted by Gasteiger charge is -2.33. The zero-order valence-corrected chi connectivity index (χ0v) is 12.0. The normalized spacial score (nSPS) is 23.5. The van der Waals surface area contributed by atoms with Gasteiger partial charge < -0.3 is 14.8 Å². The van der Waals surface area contributed by atoms with Gasteiger partial charge in [0.1, 0.15) is 0 Å². The minimum Gasteiger partial charge on any atom is -0.380 e. The second-order valence-corrected chi connectivity index (χ2v) is 5.13. The number of nitrogens with one attached hydrogen (secondary N) is 1. The molecule has 1 aliphatic rings. The molecule has 0 radical (unpaired) electrons. The van der Waals surface area contributed by atoms with Gasteiger partial charge in [-0.15, -0.1) is 0 Å². The summed E-state index contributed by atoms with van der Waals surface area (Å²) in [6, 6.07) is 8.49. The Bertz CT molecular complexity index is 381. The summed E-state index contributed by atoms with van der Waals surface area (Å²) < 4.78 is 11.4. The summed E-state index contributed by atoms with van der Waals surface area (Å²) in [7, 11) is 1.74. The van der Waals surface area contributed by atoms with Crippen molar-refractivity contribution in [2.45, 2.75) is 32.5 Å². The van der Waals surface area contributed by atoms with Gasteiger partial charge in [0.2, 0.25) is 0 Å². The predicted molar refractivity (Wildman–Crippen MR) is 77.1 cm³/mol. The van der Waals surface area contributed by atoms with Gasteiger partial charge in [0, 0.05) is 26.2 Å². The number of hydrogen-bond donors (Lipinski definition) is 1. The molecule has 3 heteroatoms. The summed E-state index contributed by atoms with van der Waals surface area (Å²) in [6.45, 7) is 5.72. The second-order valence-electron chi connectivity index (χ2n) is 5.13. The lowest BCUT2D eigenvalue weighted by molar-refractivity contribution is -0.0287. The molecule has 1 aliphatic heterocycles. The Hall–Kier alpha value is -0.900. The number of rotatable bonds is 6. The largest absolute Gasteiger partial charge is 0.380 e. The smallest absolute Gasteiger partial charge is 0.0868 e. The van der Waals surface area contributed by atoms with Crippen LogP contribution in [0.3, 0.4) is 0 Å². The molecule has 0 spiro atoms. The van der Waals surface area contributed by atoms with E-state index in [2.05, 4.69) is 36.5 Å². The third kappa shape index (κ3) is 3.78. The van der Waals surface area contributed by atoms with E-state index in [1.807, 2.05) is 0 Å². The van der Waals surface area contributed by atoms with E-state index >= 15 is 0 Å². The summed E-state index contributed by atoms with van der Waals surface area (Å²) >= 11 is 0. The van der Waals surface area contributed by atoms with Crippen LogP contribution >= 0.6 is 0 Å². The third-order valence-corrected chi connectivity index (χ3v) is 3.76. The van der Waals surface area contributed by atoms with Gasteiger partial charge in [-0.05, 0) is 30.5 Å². The standard InChI is InChI=1S/C16H25NO2/c1-3-17-11-13-8-6-10-19-16(13)15-9-5-4-7-14(15)12-18-2/h4-5,7,9,13,16-17H,3,6,8,10-12H2,1-2H3. The van der Waals surface area contributed by atoms with Crippen molar-refractivity contribution in [3.8, 4) is 0 Å². The van der Waals surface area contributed by atoms with Crippen LogP contribution in [0.2, 0.25) is 0 Å². The van der Waals surface area contributed by atoms with Crippen LogP contribution in [0.5, 0.6) is 0 Å². The fourth-order valence-electron chi connectivity index (χ4n) is 2.82. The number of hydrogen-bond acceptors (Lipinski definition) is 3. The van der Waals surface area contributed by atoms with Gasteiger partial charge in [-0.1, -0.05) is 31.2 Å². The number of methoxy groups -OCH3 is 1. The first-order valence-corrected chi connectivity index (χ1v) is 7.25. The second kappa shape index (κ2) is 7.63. The average Bonchev–Trinajstić information content (AvgIpc) is 2.46. The van der Waals surface area contributed by atoms with Crippen LogP contribution in [0.4, 0.5) is 0 Å². The third-order valence-electron chi connectivity index (χ3n) is 3.76. The molecule has 0 saturated carbocycles. The Kier molecular flexibility index (Phi) is 5.83. The van der Waals surface area contributed by atoms with E-state index in [-0.39, 0.29) is 6.10 Å². The first kappa shape index (κ1) is 14.5. The van der Waals surface area contributed by atoms with Crippen molar-refractivity contribution in [2.75, 3.05) is 26.8 Å². The summed E-state index contributed by atoms with van der Waals surface area (Å²) in [5.74, 6) is 0.562. The Morgan fingerprint density at radius 1 is 1.37 bits per heavy atom. The molecular weight excluding hydrogens is 238 g/mol. The molecule has 1 N–H and O–H groups in total. The summed E-state index contributed by atoms with van der Waals surface area (Å²) in [4.78, 5) is 0. The molecule has 1 fully saturated rings. The van der Waals surface area contributed by atoms with Crippen LogP contribution < -0.4 is 5.32 Å². The topological polar surface area (TPSA) is 30.5 Å². The predicted octanol–water partition coefficient (Wildman–Crippen LogP) is 2.91. The van der Waals surface area contributed by atoms with Crippen LogP contribution in [-0.4, -0.2) is 26.8 Å².